The molecule has 0 bridgehead atoms. The summed E-state index contributed by atoms with van der Waals surface area (Å²) in [7, 11) is 0. The van der Waals surface area contributed by atoms with Crippen LogP contribution in [-0.4, -0.2) is 32.2 Å². The number of benzene rings is 2. The van der Waals surface area contributed by atoms with E-state index in [4.69, 9.17) is 0 Å². The molecule has 1 saturated carbocycles. The van der Waals surface area contributed by atoms with Gasteiger partial charge in [-0.25, -0.2) is 0 Å². The maximum absolute atomic E-state index is 12.3. The van der Waals surface area contributed by atoms with Gasteiger partial charge < -0.3 is 10.6 Å². The molecule has 2 N–H and O–H groups in total. The highest BCUT2D eigenvalue weighted by Gasteiger charge is 2.29. The largest absolute Gasteiger partial charge is 0.300 e. The average molecular weight is 519 g/mol. The molecular weight excluding hydrogens is 492 g/mol. The van der Waals surface area contributed by atoms with Crippen molar-refractivity contribution in [2.24, 2.45) is 5.92 Å². The van der Waals surface area contributed by atoms with E-state index >= 15 is 0 Å². The molecule has 1 aliphatic rings. The van der Waals surface area contributed by atoms with Gasteiger partial charge in [-0.15, -0.1) is 20.4 Å². The first kappa shape index (κ1) is 24.2. The molecule has 36 heavy (non-hydrogen) atoms. The molecule has 2 amide bonds. The van der Waals surface area contributed by atoms with Crippen LogP contribution in [0.3, 0.4) is 0 Å². The number of carbonyl (C=O) groups excluding carboxylic acids is 2. The van der Waals surface area contributed by atoms with Crippen molar-refractivity contribution in [3.05, 3.63) is 81.8 Å². The van der Waals surface area contributed by atoms with Gasteiger partial charge in [0, 0.05) is 12.3 Å². The van der Waals surface area contributed by atoms with E-state index in [0.717, 1.165) is 46.8 Å². The molecule has 4 aromatic rings. The predicted octanol–water partition coefficient (Wildman–Crippen LogP) is 4.88. The van der Waals surface area contributed by atoms with Gasteiger partial charge in [-0.05, 0) is 36.3 Å². The smallest absolute Gasteiger partial charge is 0.230 e. The summed E-state index contributed by atoms with van der Waals surface area (Å²) in [4.78, 5) is 24.6. The summed E-state index contributed by atoms with van der Waals surface area (Å²) >= 11 is 2.90. The highest BCUT2D eigenvalue weighted by atomic mass is 32.1. The van der Waals surface area contributed by atoms with E-state index in [1.807, 2.05) is 60.7 Å². The lowest BCUT2D eigenvalue weighted by molar-refractivity contribution is -0.116. The Balaban J connectivity index is 1.09. The van der Waals surface area contributed by atoms with Crippen molar-refractivity contribution in [2.45, 2.75) is 44.4 Å². The minimum atomic E-state index is -0.0900. The Morgan fingerprint density at radius 2 is 1.33 bits per heavy atom. The fraction of sp³-hybridized carbons (Fsp3) is 0.308. The van der Waals surface area contributed by atoms with Crippen molar-refractivity contribution < 1.29 is 9.59 Å². The Morgan fingerprint density at radius 1 is 0.750 bits per heavy atom. The summed E-state index contributed by atoms with van der Waals surface area (Å²) in [5.74, 6) is 0.644. The maximum atomic E-state index is 12.3. The second-order valence-corrected chi connectivity index (χ2v) is 11.0. The van der Waals surface area contributed by atoms with Gasteiger partial charge in [-0.3, -0.25) is 9.59 Å². The van der Waals surface area contributed by atoms with Crippen molar-refractivity contribution in [2.75, 3.05) is 10.6 Å². The Hall–Kier alpha value is -3.50. The van der Waals surface area contributed by atoms with Crippen LogP contribution in [0.5, 0.6) is 0 Å². The molecule has 1 fully saturated rings. The van der Waals surface area contributed by atoms with E-state index in [-0.39, 0.29) is 11.8 Å². The van der Waals surface area contributed by atoms with E-state index in [2.05, 4.69) is 31.0 Å². The van der Waals surface area contributed by atoms with Crippen LogP contribution in [0.4, 0.5) is 10.3 Å². The van der Waals surface area contributed by atoms with Crippen molar-refractivity contribution in [3.8, 4) is 0 Å². The molecule has 0 aliphatic heterocycles. The van der Waals surface area contributed by atoms with E-state index < -0.39 is 0 Å². The van der Waals surface area contributed by atoms with Crippen LogP contribution >= 0.6 is 22.7 Å². The lowest BCUT2D eigenvalue weighted by Gasteiger charge is -2.07. The number of aromatic nitrogens is 4. The van der Waals surface area contributed by atoms with Gasteiger partial charge in [0.2, 0.25) is 22.1 Å². The van der Waals surface area contributed by atoms with Gasteiger partial charge >= 0.3 is 0 Å². The second-order valence-electron chi connectivity index (χ2n) is 8.95. The summed E-state index contributed by atoms with van der Waals surface area (Å²) in [6.07, 6.45) is 4.59. The summed E-state index contributed by atoms with van der Waals surface area (Å²) in [5.41, 5.74) is 1.93. The van der Waals surface area contributed by atoms with Crippen LogP contribution in [-0.2, 0) is 28.9 Å². The Kier molecular flexibility index (Phi) is 7.73. The zero-order valence-corrected chi connectivity index (χ0v) is 21.2. The second kappa shape index (κ2) is 11.5. The highest BCUT2D eigenvalue weighted by Crippen LogP contribution is 2.41. The highest BCUT2D eigenvalue weighted by molar-refractivity contribution is 7.15. The Bertz CT molecular complexity index is 1310. The third kappa shape index (κ3) is 6.58. The molecule has 2 aromatic carbocycles. The van der Waals surface area contributed by atoms with Gasteiger partial charge in [0.1, 0.15) is 10.0 Å². The van der Waals surface area contributed by atoms with E-state index in [9.17, 15) is 9.59 Å². The summed E-state index contributed by atoms with van der Waals surface area (Å²) < 4.78 is 0. The molecule has 2 atom stereocenters. The van der Waals surface area contributed by atoms with Crippen molar-refractivity contribution in [1.29, 1.82) is 0 Å². The third-order valence-electron chi connectivity index (χ3n) is 6.17. The lowest BCUT2D eigenvalue weighted by Crippen LogP contribution is -2.14. The minimum Gasteiger partial charge on any atom is -0.300 e. The fourth-order valence-corrected chi connectivity index (χ4v) is 6.24. The maximum Gasteiger partial charge on any atom is 0.230 e. The van der Waals surface area contributed by atoms with Crippen LogP contribution in [0.2, 0.25) is 0 Å². The van der Waals surface area contributed by atoms with Gasteiger partial charge in [0.15, 0.2) is 0 Å². The van der Waals surface area contributed by atoms with Gasteiger partial charge in [0.25, 0.3) is 0 Å². The van der Waals surface area contributed by atoms with Gasteiger partial charge in [-0.1, -0.05) is 83.3 Å². The molecule has 5 rings (SSSR count). The monoisotopic (exact) mass is 518 g/mol. The van der Waals surface area contributed by atoms with Crippen molar-refractivity contribution in [3.63, 3.8) is 0 Å². The number of nitrogens with zero attached hydrogens (tertiary/aromatic N) is 4. The predicted molar refractivity (Wildman–Crippen MR) is 141 cm³/mol. The topological polar surface area (TPSA) is 110 Å². The summed E-state index contributed by atoms with van der Waals surface area (Å²) in [6.45, 7) is 0. The van der Waals surface area contributed by atoms with Crippen LogP contribution in [0.1, 0.15) is 46.3 Å². The zero-order valence-electron chi connectivity index (χ0n) is 19.6. The summed E-state index contributed by atoms with van der Waals surface area (Å²) in [6, 6.07) is 19.3. The molecular formula is C26H26N6O2S2. The molecule has 1 aliphatic carbocycles. The normalized spacial score (nSPS) is 17.1. The molecule has 0 unspecified atom stereocenters. The van der Waals surface area contributed by atoms with Gasteiger partial charge in [0.05, 0.1) is 12.8 Å². The van der Waals surface area contributed by atoms with Crippen molar-refractivity contribution >= 4 is 44.8 Å². The number of nitrogens with one attached hydrogen (secondary N) is 2. The molecule has 184 valence electrons. The molecule has 10 heteroatoms. The quantitative estimate of drug-likeness (QED) is 0.327. The number of anilines is 2. The standard InChI is InChI=1S/C26H26N6O2S2/c33-21(14-17-7-3-1-4-8-17)27-25-31-29-23(35-25)16-19-11-12-20(13-19)24-30-32-26(36-24)28-22(34)15-18-9-5-2-6-10-18/h1-10,19-20H,11-16H2,(H,27,31,33)(H,28,32,34)/t19-,20+/m1/s1. The number of hydrogen-bond acceptors (Lipinski definition) is 8. The Labute approximate surface area is 217 Å². The minimum absolute atomic E-state index is 0.0869. The summed E-state index contributed by atoms with van der Waals surface area (Å²) in [5, 5.41) is 25.7. The average Bonchev–Trinajstić information content (AvgIpc) is 3.62. The fourth-order valence-electron chi connectivity index (χ4n) is 4.46. The number of carbonyl (C=O) groups is 2. The Morgan fingerprint density at radius 3 is 1.97 bits per heavy atom. The number of rotatable bonds is 9. The number of hydrogen-bond donors (Lipinski definition) is 2. The van der Waals surface area contributed by atoms with Gasteiger partial charge in [-0.2, -0.15) is 0 Å². The van der Waals surface area contributed by atoms with E-state index in [1.54, 1.807) is 0 Å². The van der Waals surface area contributed by atoms with Crippen LogP contribution in [0.25, 0.3) is 0 Å². The van der Waals surface area contributed by atoms with E-state index in [0.29, 0.717) is 34.9 Å². The van der Waals surface area contributed by atoms with Crippen LogP contribution in [0, 0.1) is 5.92 Å². The third-order valence-corrected chi connectivity index (χ3v) is 8.03. The molecule has 2 heterocycles. The number of amides is 2. The molecule has 0 saturated heterocycles. The molecule has 0 radical (unpaired) electrons. The molecule has 8 nitrogen and oxygen atoms in total. The van der Waals surface area contributed by atoms with E-state index in [1.165, 1.54) is 22.7 Å². The zero-order chi connectivity index (χ0) is 24.7. The lowest BCUT2D eigenvalue weighted by atomic mass is 10.0. The molecule has 0 spiro atoms. The van der Waals surface area contributed by atoms with Crippen LogP contribution < -0.4 is 10.6 Å². The first-order chi connectivity index (χ1) is 17.6. The SMILES string of the molecule is O=C(Cc1ccccc1)Nc1nnc(C[C@@H]2CC[C@H](c3nnc(NC(=O)Cc4ccccc4)s3)C2)s1. The first-order valence-electron chi connectivity index (χ1n) is 11.9. The first-order valence-corrected chi connectivity index (χ1v) is 13.6. The van der Waals surface area contributed by atoms with Crippen LogP contribution in [0.15, 0.2) is 60.7 Å². The van der Waals surface area contributed by atoms with Crippen molar-refractivity contribution in [1.82, 2.24) is 20.4 Å². The molecule has 2 aromatic heterocycles.